The largest absolute Gasteiger partial charge is 0.471 e. The van der Waals surface area contributed by atoms with Crippen molar-refractivity contribution in [1.82, 2.24) is 4.98 Å². The van der Waals surface area contributed by atoms with Crippen molar-refractivity contribution in [2.75, 3.05) is 18.2 Å². The summed E-state index contributed by atoms with van der Waals surface area (Å²) in [5.41, 5.74) is -0.220. The molecule has 0 unspecified atom stereocenters. The van der Waals surface area contributed by atoms with E-state index >= 15 is 0 Å². The first-order chi connectivity index (χ1) is 9.70. The lowest BCUT2D eigenvalue weighted by Crippen LogP contribution is -2.30. The number of esters is 1. The van der Waals surface area contributed by atoms with Crippen molar-refractivity contribution in [3.05, 3.63) is 16.4 Å². The van der Waals surface area contributed by atoms with Crippen LogP contribution in [-0.2, 0) is 9.53 Å². The molecule has 0 saturated carbocycles. The lowest BCUT2D eigenvalue weighted by molar-refractivity contribution is -0.167. The number of thioether (sulfide) groups is 1. The number of aromatic nitrogens is 1. The molecule has 1 aromatic heterocycles. The monoisotopic (exact) mass is 386 g/mol. The van der Waals surface area contributed by atoms with Gasteiger partial charge in [0.2, 0.25) is 0 Å². The average Bonchev–Trinajstić information content (AvgIpc) is 2.40. The zero-order valence-corrected chi connectivity index (χ0v) is 13.3. The van der Waals surface area contributed by atoms with Gasteiger partial charge in [0.25, 0.3) is 0 Å². The minimum absolute atomic E-state index is 0.0405. The number of carbonyl (C=O) groups is 2. The molecule has 0 radical (unpaired) electrons. The molecule has 0 saturated heterocycles. The van der Waals surface area contributed by atoms with Crippen LogP contribution < -0.4 is 5.32 Å². The highest BCUT2D eigenvalue weighted by molar-refractivity contribution is 9.10. The SMILES string of the molecule is CCSc1cc(NC(=O)C(F)(F)F)c(Br)nc1C(=O)OC. The molecule has 0 aliphatic rings. The number of hydrogen-bond donors (Lipinski definition) is 1. The lowest BCUT2D eigenvalue weighted by atomic mass is 10.3. The molecule has 0 fully saturated rings. The van der Waals surface area contributed by atoms with E-state index in [1.54, 1.807) is 12.2 Å². The summed E-state index contributed by atoms with van der Waals surface area (Å²) < 4.78 is 41.2. The van der Waals surface area contributed by atoms with E-state index in [1.807, 2.05) is 0 Å². The Hall–Kier alpha value is -1.29. The summed E-state index contributed by atoms with van der Waals surface area (Å²) >= 11 is 4.10. The second-order valence-electron chi connectivity index (χ2n) is 3.55. The molecule has 0 spiro atoms. The van der Waals surface area contributed by atoms with Crippen LogP contribution in [0.25, 0.3) is 0 Å². The molecule has 1 aromatic rings. The Morgan fingerprint density at radius 1 is 1.48 bits per heavy atom. The van der Waals surface area contributed by atoms with Crippen molar-refractivity contribution < 1.29 is 27.5 Å². The lowest BCUT2D eigenvalue weighted by Gasteiger charge is -2.12. The number of halogens is 4. The van der Waals surface area contributed by atoms with E-state index in [-0.39, 0.29) is 16.0 Å². The van der Waals surface area contributed by atoms with Gasteiger partial charge in [-0.1, -0.05) is 6.92 Å². The zero-order chi connectivity index (χ0) is 16.2. The first-order valence-corrected chi connectivity index (χ1v) is 7.28. The number of nitrogens with one attached hydrogen (secondary N) is 1. The molecule has 21 heavy (non-hydrogen) atoms. The Balaban J connectivity index is 3.21. The third-order valence-corrected chi connectivity index (χ3v) is 3.64. The second-order valence-corrected chi connectivity index (χ2v) is 5.61. The first kappa shape index (κ1) is 17.8. The van der Waals surface area contributed by atoms with E-state index in [4.69, 9.17) is 0 Å². The number of alkyl halides is 3. The van der Waals surface area contributed by atoms with Crippen LogP contribution in [0.2, 0.25) is 0 Å². The van der Waals surface area contributed by atoms with Gasteiger partial charge in [0.1, 0.15) is 4.60 Å². The number of carbonyl (C=O) groups excluding carboxylic acids is 2. The average molecular weight is 387 g/mol. The number of rotatable bonds is 4. The molecule has 0 aliphatic heterocycles. The Morgan fingerprint density at radius 2 is 2.10 bits per heavy atom. The van der Waals surface area contributed by atoms with Crippen molar-refractivity contribution in [3.8, 4) is 0 Å². The number of hydrogen-bond acceptors (Lipinski definition) is 5. The maximum absolute atomic E-state index is 12.3. The van der Waals surface area contributed by atoms with Crippen LogP contribution in [0.5, 0.6) is 0 Å². The minimum Gasteiger partial charge on any atom is -0.464 e. The van der Waals surface area contributed by atoms with Crippen molar-refractivity contribution in [3.63, 3.8) is 0 Å². The number of nitrogens with zero attached hydrogens (tertiary/aromatic N) is 1. The Labute approximate surface area is 130 Å². The predicted molar refractivity (Wildman–Crippen MR) is 74.4 cm³/mol. The van der Waals surface area contributed by atoms with Crippen molar-refractivity contribution in [2.45, 2.75) is 18.0 Å². The van der Waals surface area contributed by atoms with Gasteiger partial charge in [-0.05, 0) is 27.7 Å². The summed E-state index contributed by atoms with van der Waals surface area (Å²) in [6, 6.07) is 1.24. The molecule has 0 atom stereocenters. The smallest absolute Gasteiger partial charge is 0.464 e. The number of ether oxygens (including phenoxy) is 1. The predicted octanol–water partition coefficient (Wildman–Crippen LogP) is 3.24. The molecule has 1 amide bonds. The topological polar surface area (TPSA) is 68.3 Å². The van der Waals surface area contributed by atoms with Gasteiger partial charge in [0.05, 0.1) is 12.8 Å². The van der Waals surface area contributed by atoms with Gasteiger partial charge < -0.3 is 10.1 Å². The summed E-state index contributed by atoms with van der Waals surface area (Å²) in [7, 11) is 1.16. The third-order valence-electron chi connectivity index (χ3n) is 2.13. The van der Waals surface area contributed by atoms with Crippen molar-refractivity contribution in [2.24, 2.45) is 0 Å². The van der Waals surface area contributed by atoms with Crippen LogP contribution >= 0.6 is 27.7 Å². The molecule has 116 valence electrons. The van der Waals surface area contributed by atoms with E-state index in [9.17, 15) is 22.8 Å². The fourth-order valence-electron chi connectivity index (χ4n) is 1.26. The van der Waals surface area contributed by atoms with Crippen LogP contribution in [0.3, 0.4) is 0 Å². The van der Waals surface area contributed by atoms with Gasteiger partial charge in [-0.2, -0.15) is 13.2 Å². The van der Waals surface area contributed by atoms with Gasteiger partial charge in [0, 0.05) is 4.90 Å². The van der Waals surface area contributed by atoms with Crippen LogP contribution in [0.1, 0.15) is 17.4 Å². The Bertz CT molecular complexity index is 566. The summed E-state index contributed by atoms with van der Waals surface area (Å²) in [6.45, 7) is 1.79. The summed E-state index contributed by atoms with van der Waals surface area (Å²) in [5.74, 6) is -2.29. The van der Waals surface area contributed by atoms with Gasteiger partial charge >= 0.3 is 18.1 Å². The molecule has 5 nitrogen and oxygen atoms in total. The maximum atomic E-state index is 12.3. The molecule has 0 aromatic carbocycles. The number of amides is 1. The van der Waals surface area contributed by atoms with Gasteiger partial charge in [0.15, 0.2) is 5.69 Å². The minimum atomic E-state index is -5.02. The van der Waals surface area contributed by atoms with Crippen LogP contribution in [0.4, 0.5) is 18.9 Å². The summed E-state index contributed by atoms with van der Waals surface area (Å²) in [6.07, 6.45) is -5.02. The highest BCUT2D eigenvalue weighted by Gasteiger charge is 2.39. The fourth-order valence-corrected chi connectivity index (χ4v) is 2.43. The molecule has 0 aliphatic carbocycles. The fraction of sp³-hybridized carbons (Fsp3) is 0.364. The van der Waals surface area contributed by atoms with Crippen molar-refractivity contribution >= 4 is 45.3 Å². The number of pyridine rings is 1. The van der Waals surface area contributed by atoms with E-state index < -0.39 is 18.1 Å². The Kier molecular flexibility index (Phi) is 6.02. The van der Waals surface area contributed by atoms with E-state index in [2.05, 4.69) is 25.7 Å². The third kappa shape index (κ3) is 4.60. The normalized spacial score (nSPS) is 11.1. The standard InChI is InChI=1S/C11H10BrF3N2O3S/c1-3-21-6-4-5(16-10(19)11(13,14)15)8(12)17-7(6)9(18)20-2/h4H,3H2,1-2H3,(H,16,19). The molecule has 1 N–H and O–H groups in total. The molecular formula is C11H10BrF3N2O3S. The summed E-state index contributed by atoms with van der Waals surface area (Å²) in [5, 5.41) is 1.69. The van der Waals surface area contributed by atoms with Crippen LogP contribution in [0.15, 0.2) is 15.6 Å². The highest BCUT2D eigenvalue weighted by Crippen LogP contribution is 2.31. The molecule has 10 heteroatoms. The Morgan fingerprint density at radius 3 is 2.57 bits per heavy atom. The van der Waals surface area contributed by atoms with Crippen LogP contribution in [0, 0.1) is 0 Å². The van der Waals surface area contributed by atoms with E-state index in [0.29, 0.717) is 10.6 Å². The molecule has 0 bridgehead atoms. The zero-order valence-electron chi connectivity index (χ0n) is 10.9. The van der Waals surface area contributed by atoms with Crippen LogP contribution in [-0.4, -0.2) is 35.9 Å². The molecule has 1 rings (SSSR count). The summed E-state index contributed by atoms with van der Waals surface area (Å²) in [4.78, 5) is 26.7. The quantitative estimate of drug-likeness (QED) is 0.488. The van der Waals surface area contributed by atoms with Crippen molar-refractivity contribution in [1.29, 1.82) is 0 Å². The number of anilines is 1. The van der Waals surface area contributed by atoms with Gasteiger partial charge in [-0.15, -0.1) is 11.8 Å². The van der Waals surface area contributed by atoms with E-state index in [1.165, 1.54) is 17.8 Å². The van der Waals surface area contributed by atoms with Gasteiger partial charge in [-0.25, -0.2) is 9.78 Å². The molecular weight excluding hydrogens is 377 g/mol. The molecule has 1 heterocycles. The second kappa shape index (κ2) is 7.12. The highest BCUT2D eigenvalue weighted by atomic mass is 79.9. The van der Waals surface area contributed by atoms with E-state index in [0.717, 1.165) is 7.11 Å². The maximum Gasteiger partial charge on any atom is 0.471 e. The first-order valence-electron chi connectivity index (χ1n) is 5.50. The number of methoxy groups -OCH3 is 1. The van der Waals surface area contributed by atoms with Gasteiger partial charge in [-0.3, -0.25) is 4.79 Å².